The normalized spacial score (nSPS) is 29.0. The fourth-order valence-corrected chi connectivity index (χ4v) is 4.41. The van der Waals surface area contributed by atoms with Crippen molar-refractivity contribution in [1.82, 2.24) is 15.8 Å². The summed E-state index contributed by atoms with van der Waals surface area (Å²) in [5, 5.41) is 19.7. The molecule has 4 unspecified atom stereocenters. The lowest BCUT2D eigenvalue weighted by atomic mass is 9.85. The molecule has 6 nitrogen and oxygen atoms in total. The van der Waals surface area contributed by atoms with Crippen molar-refractivity contribution < 1.29 is 14.4 Å². The molecule has 0 aliphatic heterocycles. The Labute approximate surface area is 137 Å². The van der Waals surface area contributed by atoms with E-state index in [0.29, 0.717) is 18.4 Å². The van der Waals surface area contributed by atoms with E-state index >= 15 is 0 Å². The predicted molar refractivity (Wildman–Crippen MR) is 85.8 cm³/mol. The van der Waals surface area contributed by atoms with E-state index < -0.39 is 0 Å². The summed E-state index contributed by atoms with van der Waals surface area (Å²) in [6.45, 7) is 4.65. The Morgan fingerprint density at radius 2 is 2.09 bits per heavy atom. The van der Waals surface area contributed by atoms with Crippen molar-refractivity contribution in [1.29, 1.82) is 0 Å². The number of carbonyl (C=O) groups is 1. The molecule has 0 saturated heterocycles. The number of aliphatic hydroxyl groups excluding tert-OH is 1. The van der Waals surface area contributed by atoms with Gasteiger partial charge in [0.05, 0.1) is 5.69 Å². The first kappa shape index (κ1) is 16.3. The number of rotatable bonds is 6. The lowest BCUT2D eigenvalue weighted by Crippen LogP contribution is -2.49. The summed E-state index contributed by atoms with van der Waals surface area (Å²) >= 11 is 0. The van der Waals surface area contributed by atoms with Crippen LogP contribution >= 0.6 is 0 Å². The molecule has 128 valence electrons. The van der Waals surface area contributed by atoms with Gasteiger partial charge in [0.1, 0.15) is 5.76 Å². The third kappa shape index (κ3) is 3.09. The number of amides is 2. The fraction of sp³-hybridized carbons (Fsp3) is 0.765. The molecule has 23 heavy (non-hydrogen) atoms. The van der Waals surface area contributed by atoms with E-state index in [1.54, 1.807) is 0 Å². The quantitative estimate of drug-likeness (QED) is 0.748. The zero-order valence-corrected chi connectivity index (χ0v) is 14.0. The topological polar surface area (TPSA) is 87.4 Å². The number of carbonyl (C=O) groups excluding carboxylic acids is 1. The summed E-state index contributed by atoms with van der Waals surface area (Å²) in [7, 11) is 0. The Bertz CT molecular complexity index is 536. The molecule has 4 atom stereocenters. The first-order chi connectivity index (χ1) is 11.2. The summed E-state index contributed by atoms with van der Waals surface area (Å²) in [5.41, 5.74) is 1.91. The van der Waals surface area contributed by atoms with Crippen LogP contribution in [-0.4, -0.2) is 28.9 Å². The molecule has 2 amide bonds. The van der Waals surface area contributed by atoms with Crippen molar-refractivity contribution in [2.45, 2.75) is 58.5 Å². The SMILES string of the molecule is CCc1noc(CC)c1CNC(=O)NC1C2CCC(C2)C1CO. The Balaban J connectivity index is 1.57. The second-order valence-corrected chi connectivity index (χ2v) is 6.77. The maximum Gasteiger partial charge on any atom is 0.315 e. The average molecular weight is 321 g/mol. The molecule has 1 aromatic heterocycles. The Hall–Kier alpha value is -1.56. The molecule has 1 aromatic rings. The molecule has 2 bridgehead atoms. The van der Waals surface area contributed by atoms with Crippen LogP contribution in [0.2, 0.25) is 0 Å². The van der Waals surface area contributed by atoms with Gasteiger partial charge >= 0.3 is 6.03 Å². The van der Waals surface area contributed by atoms with Crippen molar-refractivity contribution in [3.05, 3.63) is 17.0 Å². The largest absolute Gasteiger partial charge is 0.396 e. The van der Waals surface area contributed by atoms with E-state index in [2.05, 4.69) is 15.8 Å². The molecule has 0 aromatic carbocycles. The summed E-state index contributed by atoms with van der Waals surface area (Å²) < 4.78 is 5.32. The van der Waals surface area contributed by atoms with Gasteiger partial charge in [-0.1, -0.05) is 19.0 Å². The zero-order valence-electron chi connectivity index (χ0n) is 14.0. The van der Waals surface area contributed by atoms with E-state index in [-0.39, 0.29) is 24.6 Å². The summed E-state index contributed by atoms with van der Waals surface area (Å²) in [6.07, 6.45) is 5.06. The maximum atomic E-state index is 12.3. The van der Waals surface area contributed by atoms with Gasteiger partial charge in [0.25, 0.3) is 0 Å². The molecular formula is C17H27N3O3. The van der Waals surface area contributed by atoms with Gasteiger partial charge in [0.2, 0.25) is 0 Å². The molecule has 2 aliphatic carbocycles. The lowest BCUT2D eigenvalue weighted by molar-refractivity contribution is 0.144. The van der Waals surface area contributed by atoms with Gasteiger partial charge in [0, 0.05) is 37.1 Å². The van der Waals surface area contributed by atoms with Gasteiger partial charge in [-0.2, -0.15) is 0 Å². The van der Waals surface area contributed by atoms with Crippen LogP contribution in [0, 0.1) is 17.8 Å². The van der Waals surface area contributed by atoms with Crippen LogP contribution in [0.15, 0.2) is 4.52 Å². The molecule has 1 heterocycles. The molecule has 0 radical (unpaired) electrons. The third-order valence-corrected chi connectivity index (χ3v) is 5.63. The highest BCUT2D eigenvalue weighted by molar-refractivity contribution is 5.74. The Morgan fingerprint density at radius 3 is 2.78 bits per heavy atom. The summed E-state index contributed by atoms with van der Waals surface area (Å²) in [5.74, 6) is 2.16. The first-order valence-electron chi connectivity index (χ1n) is 8.79. The minimum atomic E-state index is -0.161. The number of aromatic nitrogens is 1. The monoisotopic (exact) mass is 321 g/mol. The fourth-order valence-electron chi connectivity index (χ4n) is 4.41. The highest BCUT2D eigenvalue weighted by Crippen LogP contribution is 2.48. The molecule has 2 saturated carbocycles. The number of fused-ring (bicyclic) bond motifs is 2. The second-order valence-electron chi connectivity index (χ2n) is 6.77. The van der Waals surface area contributed by atoms with E-state index in [0.717, 1.165) is 42.7 Å². The van der Waals surface area contributed by atoms with E-state index in [1.807, 2.05) is 13.8 Å². The first-order valence-corrected chi connectivity index (χ1v) is 8.79. The summed E-state index contributed by atoms with van der Waals surface area (Å²) in [6, 6.07) is -0.0520. The smallest absolute Gasteiger partial charge is 0.315 e. The Morgan fingerprint density at radius 1 is 1.30 bits per heavy atom. The van der Waals surface area contributed by atoms with Crippen molar-refractivity contribution >= 4 is 6.03 Å². The minimum absolute atomic E-state index is 0.109. The van der Waals surface area contributed by atoms with Crippen LogP contribution < -0.4 is 10.6 Å². The molecule has 2 fully saturated rings. The number of aliphatic hydroxyl groups is 1. The van der Waals surface area contributed by atoms with Crippen molar-refractivity contribution in [3.8, 4) is 0 Å². The third-order valence-electron chi connectivity index (χ3n) is 5.63. The molecule has 3 rings (SSSR count). The minimum Gasteiger partial charge on any atom is -0.396 e. The molecule has 3 N–H and O–H groups in total. The molecule has 6 heteroatoms. The lowest BCUT2D eigenvalue weighted by Gasteiger charge is -2.30. The number of nitrogens with one attached hydrogen (secondary N) is 2. The van der Waals surface area contributed by atoms with Crippen molar-refractivity contribution in [3.63, 3.8) is 0 Å². The maximum absolute atomic E-state index is 12.3. The van der Waals surface area contributed by atoms with Gasteiger partial charge in [-0.15, -0.1) is 0 Å². The van der Waals surface area contributed by atoms with Gasteiger partial charge in [0.15, 0.2) is 0 Å². The van der Waals surface area contributed by atoms with Crippen LogP contribution in [0.25, 0.3) is 0 Å². The molecular weight excluding hydrogens is 294 g/mol. The van der Waals surface area contributed by atoms with Crippen molar-refractivity contribution in [2.24, 2.45) is 17.8 Å². The average Bonchev–Trinajstić information content (AvgIpc) is 3.26. The highest BCUT2D eigenvalue weighted by Gasteiger charge is 2.47. The van der Waals surface area contributed by atoms with Gasteiger partial charge in [-0.25, -0.2) is 4.79 Å². The second kappa shape index (κ2) is 6.91. The van der Waals surface area contributed by atoms with E-state index in [9.17, 15) is 9.90 Å². The standard InChI is InChI=1S/C17H27N3O3/c1-3-14-12(15(4-2)23-20-14)8-18-17(22)19-16-11-6-5-10(7-11)13(16)9-21/h10-11,13,16,21H,3-9H2,1-2H3,(H2,18,19,22). The number of aryl methyl sites for hydroxylation is 2. The summed E-state index contributed by atoms with van der Waals surface area (Å²) in [4.78, 5) is 12.3. The number of urea groups is 1. The van der Waals surface area contributed by atoms with Crippen molar-refractivity contribution in [2.75, 3.05) is 6.61 Å². The number of hydrogen-bond acceptors (Lipinski definition) is 4. The zero-order chi connectivity index (χ0) is 16.4. The van der Waals surface area contributed by atoms with Gasteiger partial charge in [-0.05, 0) is 37.5 Å². The predicted octanol–water partition coefficient (Wildman–Crippen LogP) is 2.01. The molecule has 2 aliphatic rings. The number of nitrogens with zero attached hydrogens (tertiary/aromatic N) is 1. The van der Waals surface area contributed by atoms with Crippen LogP contribution in [-0.2, 0) is 19.4 Å². The van der Waals surface area contributed by atoms with Crippen LogP contribution in [0.5, 0.6) is 0 Å². The van der Waals surface area contributed by atoms with Gasteiger partial charge in [-0.3, -0.25) is 0 Å². The highest BCUT2D eigenvalue weighted by atomic mass is 16.5. The van der Waals surface area contributed by atoms with Gasteiger partial charge < -0.3 is 20.3 Å². The Kier molecular flexibility index (Phi) is 4.90. The van der Waals surface area contributed by atoms with Crippen LogP contribution in [0.3, 0.4) is 0 Å². The van der Waals surface area contributed by atoms with Crippen LogP contribution in [0.1, 0.15) is 50.1 Å². The molecule has 0 spiro atoms. The van der Waals surface area contributed by atoms with E-state index in [4.69, 9.17) is 4.52 Å². The van der Waals surface area contributed by atoms with E-state index in [1.165, 1.54) is 6.42 Å². The number of hydrogen-bond donors (Lipinski definition) is 3. The van der Waals surface area contributed by atoms with Crippen LogP contribution in [0.4, 0.5) is 4.79 Å².